The Bertz CT molecular complexity index is 1060. The van der Waals surface area contributed by atoms with E-state index >= 15 is 0 Å². The molecule has 0 spiro atoms. The number of nitriles is 1. The highest BCUT2D eigenvalue weighted by molar-refractivity contribution is 8.00. The Morgan fingerprint density at radius 2 is 1.72 bits per heavy atom. The third-order valence-electron chi connectivity index (χ3n) is 4.56. The van der Waals surface area contributed by atoms with E-state index in [1.807, 2.05) is 54.6 Å². The standard InChI is InChI=1S/C23H19N3OS2/c1-2-7-17-13-12-16(14-24)23(25-17)28-15-22(27)26-18-8-3-5-10-20(18)29-21-11-6-4-9-19(21)26/h3-6,8-13H,2,7,15H2,1H3. The molecule has 2 aromatic carbocycles. The number of thioether (sulfide) groups is 1. The lowest BCUT2D eigenvalue weighted by molar-refractivity contribution is -0.115. The second-order valence-electron chi connectivity index (χ2n) is 6.57. The number of amides is 1. The van der Waals surface area contributed by atoms with Gasteiger partial charge < -0.3 is 0 Å². The molecule has 1 amide bonds. The van der Waals surface area contributed by atoms with Crippen LogP contribution in [0.25, 0.3) is 0 Å². The molecule has 0 bridgehead atoms. The molecule has 0 fully saturated rings. The highest BCUT2D eigenvalue weighted by Gasteiger charge is 2.28. The zero-order valence-electron chi connectivity index (χ0n) is 16.0. The van der Waals surface area contributed by atoms with Crippen molar-refractivity contribution >= 4 is 40.8 Å². The summed E-state index contributed by atoms with van der Waals surface area (Å²) in [6.07, 6.45) is 1.85. The summed E-state index contributed by atoms with van der Waals surface area (Å²) in [6.45, 7) is 2.10. The molecule has 144 valence electrons. The van der Waals surface area contributed by atoms with Gasteiger partial charge in [-0.1, -0.05) is 61.1 Å². The number of aromatic nitrogens is 1. The van der Waals surface area contributed by atoms with Gasteiger partial charge in [-0.25, -0.2) is 4.98 Å². The molecule has 0 radical (unpaired) electrons. The number of hydrogen-bond acceptors (Lipinski definition) is 5. The van der Waals surface area contributed by atoms with Crippen LogP contribution < -0.4 is 4.90 Å². The first-order chi connectivity index (χ1) is 14.2. The largest absolute Gasteiger partial charge is 0.278 e. The van der Waals surface area contributed by atoms with Gasteiger partial charge in [-0.05, 0) is 42.8 Å². The lowest BCUT2D eigenvalue weighted by Gasteiger charge is -2.31. The second-order valence-corrected chi connectivity index (χ2v) is 8.62. The van der Waals surface area contributed by atoms with Crippen LogP contribution in [0.15, 0.2) is 75.5 Å². The van der Waals surface area contributed by atoms with Crippen LogP contribution in [0.5, 0.6) is 0 Å². The highest BCUT2D eigenvalue weighted by atomic mass is 32.2. The topological polar surface area (TPSA) is 57.0 Å². The maximum absolute atomic E-state index is 13.3. The van der Waals surface area contributed by atoms with Gasteiger partial charge in [0, 0.05) is 15.5 Å². The van der Waals surface area contributed by atoms with Gasteiger partial charge in [-0.15, -0.1) is 0 Å². The van der Waals surface area contributed by atoms with Crippen molar-refractivity contribution in [3.63, 3.8) is 0 Å². The van der Waals surface area contributed by atoms with Gasteiger partial charge in [-0.2, -0.15) is 5.26 Å². The number of benzene rings is 2. The number of hydrogen-bond donors (Lipinski definition) is 0. The molecule has 4 rings (SSSR count). The molecule has 0 N–H and O–H groups in total. The first-order valence-corrected chi connectivity index (χ1v) is 11.2. The number of fused-ring (bicyclic) bond motifs is 2. The normalized spacial score (nSPS) is 12.1. The zero-order valence-corrected chi connectivity index (χ0v) is 17.6. The van der Waals surface area contributed by atoms with Crippen molar-refractivity contribution in [2.45, 2.75) is 34.6 Å². The summed E-state index contributed by atoms with van der Waals surface area (Å²) in [5, 5.41) is 10.0. The quantitative estimate of drug-likeness (QED) is 0.489. The van der Waals surface area contributed by atoms with Crippen molar-refractivity contribution in [1.29, 1.82) is 5.26 Å². The average Bonchev–Trinajstić information content (AvgIpc) is 2.76. The van der Waals surface area contributed by atoms with Gasteiger partial charge >= 0.3 is 0 Å². The predicted octanol–water partition coefficient (Wildman–Crippen LogP) is 5.83. The molecule has 2 heterocycles. The molecule has 0 saturated carbocycles. The number of para-hydroxylation sites is 2. The Hall–Kier alpha value is -2.75. The number of nitrogens with zero attached hydrogens (tertiary/aromatic N) is 3. The molecule has 0 atom stereocenters. The van der Waals surface area contributed by atoms with Crippen LogP contribution in [0, 0.1) is 11.3 Å². The Kier molecular flexibility index (Phi) is 5.89. The van der Waals surface area contributed by atoms with Crippen LogP contribution in [-0.4, -0.2) is 16.6 Å². The van der Waals surface area contributed by atoms with E-state index in [-0.39, 0.29) is 11.7 Å². The van der Waals surface area contributed by atoms with E-state index in [1.54, 1.807) is 22.7 Å². The lowest BCUT2D eigenvalue weighted by atomic mass is 10.2. The van der Waals surface area contributed by atoms with E-state index < -0.39 is 0 Å². The van der Waals surface area contributed by atoms with E-state index in [4.69, 9.17) is 0 Å². The molecule has 0 aliphatic carbocycles. The van der Waals surface area contributed by atoms with Crippen molar-refractivity contribution in [3.05, 3.63) is 71.9 Å². The maximum atomic E-state index is 13.3. The molecule has 1 aromatic heterocycles. The average molecular weight is 418 g/mol. The SMILES string of the molecule is CCCc1ccc(C#N)c(SCC(=O)N2c3ccccc3Sc3ccccc32)n1. The van der Waals surface area contributed by atoms with Gasteiger partial charge in [0.2, 0.25) is 5.91 Å². The van der Waals surface area contributed by atoms with Crippen LogP contribution in [0.3, 0.4) is 0 Å². The van der Waals surface area contributed by atoms with Crippen molar-refractivity contribution in [3.8, 4) is 6.07 Å². The summed E-state index contributed by atoms with van der Waals surface area (Å²) in [5.74, 6) is 0.187. The summed E-state index contributed by atoms with van der Waals surface area (Å²) in [6, 6.07) is 21.8. The Labute approximate surface area is 179 Å². The lowest BCUT2D eigenvalue weighted by Crippen LogP contribution is -2.30. The predicted molar refractivity (Wildman–Crippen MR) is 118 cm³/mol. The fourth-order valence-electron chi connectivity index (χ4n) is 3.24. The van der Waals surface area contributed by atoms with Crippen molar-refractivity contribution in [2.75, 3.05) is 10.7 Å². The number of carbonyl (C=O) groups excluding carboxylic acids is 1. The third-order valence-corrected chi connectivity index (χ3v) is 6.66. The van der Waals surface area contributed by atoms with E-state index in [9.17, 15) is 10.1 Å². The summed E-state index contributed by atoms with van der Waals surface area (Å²) >= 11 is 3.01. The maximum Gasteiger partial charge on any atom is 0.242 e. The summed E-state index contributed by atoms with van der Waals surface area (Å²) < 4.78 is 0. The fraction of sp³-hybridized carbons (Fsp3) is 0.174. The molecule has 4 nitrogen and oxygen atoms in total. The number of aryl methyl sites for hydroxylation is 1. The first-order valence-electron chi connectivity index (χ1n) is 9.43. The van der Waals surface area contributed by atoms with Crippen LogP contribution in [0.4, 0.5) is 11.4 Å². The molecule has 0 unspecified atom stereocenters. The zero-order chi connectivity index (χ0) is 20.2. The van der Waals surface area contributed by atoms with Gasteiger partial charge in [-0.3, -0.25) is 9.69 Å². The number of anilines is 2. The molecular formula is C23H19N3OS2. The van der Waals surface area contributed by atoms with Gasteiger partial charge in [0.1, 0.15) is 11.1 Å². The number of pyridine rings is 1. The van der Waals surface area contributed by atoms with Crippen molar-refractivity contribution in [2.24, 2.45) is 0 Å². The molecular weight excluding hydrogens is 398 g/mol. The highest BCUT2D eigenvalue weighted by Crippen LogP contribution is 2.48. The summed E-state index contributed by atoms with van der Waals surface area (Å²) in [5.41, 5.74) is 3.26. The van der Waals surface area contributed by atoms with E-state index in [0.717, 1.165) is 39.7 Å². The summed E-state index contributed by atoms with van der Waals surface area (Å²) in [7, 11) is 0. The molecule has 3 aromatic rings. The second kappa shape index (κ2) is 8.73. The first kappa shape index (κ1) is 19.6. The van der Waals surface area contributed by atoms with E-state index in [0.29, 0.717) is 10.6 Å². The van der Waals surface area contributed by atoms with Crippen LogP contribution in [-0.2, 0) is 11.2 Å². The van der Waals surface area contributed by atoms with Gasteiger partial charge in [0.15, 0.2) is 0 Å². The molecule has 0 saturated heterocycles. The molecule has 6 heteroatoms. The number of rotatable bonds is 5. The van der Waals surface area contributed by atoms with Crippen LogP contribution in [0.2, 0.25) is 0 Å². The minimum atomic E-state index is -0.0261. The minimum Gasteiger partial charge on any atom is -0.278 e. The Morgan fingerprint density at radius 1 is 1.07 bits per heavy atom. The third kappa shape index (κ3) is 4.02. The van der Waals surface area contributed by atoms with Crippen molar-refractivity contribution < 1.29 is 4.79 Å². The minimum absolute atomic E-state index is 0.0261. The van der Waals surface area contributed by atoms with Gasteiger partial charge in [0.25, 0.3) is 0 Å². The Balaban J connectivity index is 1.62. The van der Waals surface area contributed by atoms with Crippen molar-refractivity contribution in [1.82, 2.24) is 4.98 Å². The monoisotopic (exact) mass is 417 g/mol. The van der Waals surface area contributed by atoms with E-state index in [1.165, 1.54) is 11.8 Å². The Morgan fingerprint density at radius 3 is 2.34 bits per heavy atom. The number of carbonyl (C=O) groups is 1. The van der Waals surface area contributed by atoms with Crippen LogP contribution >= 0.6 is 23.5 Å². The fourth-order valence-corrected chi connectivity index (χ4v) is 5.14. The molecule has 1 aliphatic rings. The van der Waals surface area contributed by atoms with Gasteiger partial charge in [0.05, 0.1) is 22.7 Å². The smallest absolute Gasteiger partial charge is 0.242 e. The molecule has 1 aliphatic heterocycles. The van der Waals surface area contributed by atoms with Crippen LogP contribution in [0.1, 0.15) is 24.6 Å². The van der Waals surface area contributed by atoms with E-state index in [2.05, 4.69) is 18.0 Å². The molecule has 29 heavy (non-hydrogen) atoms. The summed E-state index contributed by atoms with van der Waals surface area (Å²) in [4.78, 5) is 21.8.